The van der Waals surface area contributed by atoms with E-state index in [0.29, 0.717) is 17.3 Å². The monoisotopic (exact) mass is 318 g/mol. The number of benzene rings is 1. The van der Waals surface area contributed by atoms with Crippen molar-refractivity contribution in [3.8, 4) is 11.4 Å². The lowest BCUT2D eigenvalue weighted by atomic mass is 9.92. The summed E-state index contributed by atoms with van der Waals surface area (Å²) < 4.78 is 6.81. The van der Waals surface area contributed by atoms with E-state index in [1.165, 1.54) is 0 Å². The summed E-state index contributed by atoms with van der Waals surface area (Å²) >= 11 is 6.46. The predicted octanol–water partition coefficient (Wildman–Crippen LogP) is 3.82. The molecule has 6 heteroatoms. The van der Waals surface area contributed by atoms with Crippen LogP contribution in [0.15, 0.2) is 24.3 Å². The second-order valence-electron chi connectivity index (χ2n) is 6.31. The summed E-state index contributed by atoms with van der Waals surface area (Å²) in [4.78, 5) is 3.27. The third kappa shape index (κ3) is 2.51. The van der Waals surface area contributed by atoms with E-state index in [1.54, 1.807) is 11.7 Å². The van der Waals surface area contributed by atoms with Gasteiger partial charge in [0.2, 0.25) is 0 Å². The molecule has 3 rings (SSSR count). The number of hydrogen-bond acceptors (Lipinski definition) is 3. The van der Waals surface area contributed by atoms with Crippen LogP contribution in [0.1, 0.15) is 32.0 Å². The van der Waals surface area contributed by atoms with E-state index >= 15 is 0 Å². The molecule has 0 aliphatic rings. The van der Waals surface area contributed by atoms with Gasteiger partial charge in [-0.3, -0.25) is 0 Å². The SMILES string of the molecule is COCc1ccccc1-c1nn2nc(C(C)(C)C)c(Cl)c2[nH]1. The number of aromatic amines is 1. The Balaban J connectivity index is 2.11. The van der Waals surface area contributed by atoms with E-state index in [4.69, 9.17) is 16.3 Å². The lowest BCUT2D eigenvalue weighted by Gasteiger charge is -2.14. The highest BCUT2D eigenvalue weighted by molar-refractivity contribution is 6.34. The van der Waals surface area contributed by atoms with E-state index in [2.05, 4.69) is 36.0 Å². The molecule has 22 heavy (non-hydrogen) atoms. The van der Waals surface area contributed by atoms with Gasteiger partial charge in [-0.2, -0.15) is 5.10 Å². The third-order valence-corrected chi connectivity index (χ3v) is 3.88. The Morgan fingerprint density at radius 3 is 2.59 bits per heavy atom. The van der Waals surface area contributed by atoms with Gasteiger partial charge in [0.05, 0.1) is 12.3 Å². The molecule has 0 saturated carbocycles. The minimum atomic E-state index is -0.125. The summed E-state index contributed by atoms with van der Waals surface area (Å²) in [6.45, 7) is 6.76. The van der Waals surface area contributed by atoms with Crippen molar-refractivity contribution in [1.82, 2.24) is 19.8 Å². The molecular weight excluding hydrogens is 300 g/mol. The summed E-state index contributed by atoms with van der Waals surface area (Å²) in [7, 11) is 1.68. The highest BCUT2D eigenvalue weighted by Crippen LogP contribution is 2.32. The lowest BCUT2D eigenvalue weighted by molar-refractivity contribution is 0.185. The molecule has 0 unspecified atom stereocenters. The van der Waals surface area contributed by atoms with Crippen LogP contribution < -0.4 is 0 Å². The Morgan fingerprint density at radius 1 is 1.23 bits per heavy atom. The average Bonchev–Trinajstić information content (AvgIpc) is 2.99. The topological polar surface area (TPSA) is 55.2 Å². The van der Waals surface area contributed by atoms with Crippen molar-refractivity contribution in [3.05, 3.63) is 40.5 Å². The first-order valence-corrected chi connectivity index (χ1v) is 7.52. The molecule has 0 saturated heterocycles. The summed E-state index contributed by atoms with van der Waals surface area (Å²) in [6, 6.07) is 7.98. The first-order valence-electron chi connectivity index (χ1n) is 7.14. The number of nitrogens with one attached hydrogen (secondary N) is 1. The van der Waals surface area contributed by atoms with Crippen LogP contribution in [-0.2, 0) is 16.8 Å². The van der Waals surface area contributed by atoms with Crippen LogP contribution in [-0.4, -0.2) is 26.9 Å². The quantitative estimate of drug-likeness (QED) is 0.798. The van der Waals surface area contributed by atoms with Crippen LogP contribution >= 0.6 is 11.6 Å². The van der Waals surface area contributed by atoms with E-state index < -0.39 is 0 Å². The first-order chi connectivity index (χ1) is 10.4. The van der Waals surface area contributed by atoms with Gasteiger partial charge in [-0.05, 0) is 5.56 Å². The average molecular weight is 319 g/mol. The fourth-order valence-corrected chi connectivity index (χ4v) is 2.87. The molecule has 0 aliphatic heterocycles. The molecule has 0 amide bonds. The molecule has 1 aromatic carbocycles. The van der Waals surface area contributed by atoms with Gasteiger partial charge in [0.15, 0.2) is 11.5 Å². The van der Waals surface area contributed by atoms with Crippen LogP contribution in [0, 0.1) is 0 Å². The zero-order valence-corrected chi connectivity index (χ0v) is 13.9. The molecule has 0 radical (unpaired) electrons. The van der Waals surface area contributed by atoms with E-state index in [-0.39, 0.29) is 5.41 Å². The maximum atomic E-state index is 6.46. The van der Waals surface area contributed by atoms with Crippen molar-refractivity contribution < 1.29 is 4.74 Å². The zero-order valence-electron chi connectivity index (χ0n) is 13.1. The van der Waals surface area contributed by atoms with Crippen LogP contribution in [0.3, 0.4) is 0 Å². The zero-order chi connectivity index (χ0) is 15.9. The minimum absolute atomic E-state index is 0.125. The number of H-pyrrole nitrogens is 1. The van der Waals surface area contributed by atoms with Crippen LogP contribution in [0.4, 0.5) is 0 Å². The first kappa shape index (κ1) is 15.1. The number of ether oxygens (including phenoxy) is 1. The van der Waals surface area contributed by atoms with Gasteiger partial charge >= 0.3 is 0 Å². The number of fused-ring (bicyclic) bond motifs is 1. The molecule has 116 valence electrons. The Morgan fingerprint density at radius 2 is 1.95 bits per heavy atom. The Hall–Kier alpha value is -1.85. The van der Waals surface area contributed by atoms with Crippen molar-refractivity contribution in [1.29, 1.82) is 0 Å². The van der Waals surface area contributed by atoms with Crippen molar-refractivity contribution in [2.24, 2.45) is 0 Å². The van der Waals surface area contributed by atoms with Crippen LogP contribution in [0.5, 0.6) is 0 Å². The van der Waals surface area contributed by atoms with Gasteiger partial charge in [0.1, 0.15) is 5.02 Å². The van der Waals surface area contributed by atoms with Gasteiger partial charge in [-0.25, -0.2) is 0 Å². The minimum Gasteiger partial charge on any atom is -0.380 e. The summed E-state index contributed by atoms with van der Waals surface area (Å²) in [5.41, 5.74) is 3.48. The van der Waals surface area contributed by atoms with Gasteiger partial charge in [0.25, 0.3) is 0 Å². The largest absolute Gasteiger partial charge is 0.380 e. The molecular formula is C16H19ClN4O. The maximum Gasteiger partial charge on any atom is 0.175 e. The predicted molar refractivity (Wildman–Crippen MR) is 87.2 cm³/mol. The van der Waals surface area contributed by atoms with Gasteiger partial charge in [-0.15, -0.1) is 9.73 Å². The molecule has 1 N–H and O–H groups in total. The molecule has 2 aromatic heterocycles. The lowest BCUT2D eigenvalue weighted by Crippen LogP contribution is -2.13. The number of aromatic nitrogens is 4. The summed E-state index contributed by atoms with van der Waals surface area (Å²) in [6.07, 6.45) is 0. The fraction of sp³-hybridized carbons (Fsp3) is 0.375. The maximum absolute atomic E-state index is 6.46. The van der Waals surface area contributed by atoms with Crippen molar-refractivity contribution in [3.63, 3.8) is 0 Å². The molecule has 0 atom stereocenters. The Bertz CT molecular complexity index is 813. The second kappa shape index (κ2) is 5.41. The third-order valence-electron chi connectivity index (χ3n) is 3.52. The highest BCUT2D eigenvalue weighted by Gasteiger charge is 2.25. The highest BCUT2D eigenvalue weighted by atomic mass is 35.5. The summed E-state index contributed by atoms with van der Waals surface area (Å²) in [5, 5.41) is 9.67. The number of rotatable bonds is 3. The number of hydrogen-bond donors (Lipinski definition) is 1. The number of methoxy groups -OCH3 is 1. The standard InChI is InChI=1S/C16H19ClN4O/c1-16(2,3)13-12(17)15-18-14(20-21(15)19-13)11-8-6-5-7-10(11)9-22-4/h5-8H,9H2,1-4H3,(H,18,20). The molecule has 0 spiro atoms. The normalized spacial score (nSPS) is 12.2. The number of halogens is 1. The molecule has 3 aromatic rings. The second-order valence-corrected chi connectivity index (χ2v) is 6.69. The van der Waals surface area contributed by atoms with Crippen LogP contribution in [0.2, 0.25) is 5.02 Å². The molecule has 5 nitrogen and oxygen atoms in total. The van der Waals surface area contributed by atoms with Crippen molar-refractivity contribution in [2.45, 2.75) is 32.8 Å². The van der Waals surface area contributed by atoms with Gasteiger partial charge in [-0.1, -0.05) is 56.6 Å². The van der Waals surface area contributed by atoms with Crippen molar-refractivity contribution in [2.75, 3.05) is 7.11 Å². The van der Waals surface area contributed by atoms with E-state index in [1.807, 2.05) is 24.3 Å². The van der Waals surface area contributed by atoms with E-state index in [9.17, 15) is 0 Å². The smallest absolute Gasteiger partial charge is 0.175 e. The molecule has 0 fully saturated rings. The molecule has 0 bridgehead atoms. The fourth-order valence-electron chi connectivity index (χ4n) is 2.43. The Kier molecular flexibility index (Phi) is 3.70. The number of nitrogens with zero attached hydrogens (tertiary/aromatic N) is 3. The Labute approximate surface area is 134 Å². The van der Waals surface area contributed by atoms with E-state index in [0.717, 1.165) is 22.6 Å². The van der Waals surface area contributed by atoms with Gasteiger partial charge < -0.3 is 9.72 Å². The van der Waals surface area contributed by atoms with Gasteiger partial charge in [0, 0.05) is 18.1 Å². The van der Waals surface area contributed by atoms with Crippen molar-refractivity contribution >= 4 is 17.2 Å². The van der Waals surface area contributed by atoms with Crippen LogP contribution in [0.25, 0.3) is 17.0 Å². The molecule has 2 heterocycles. The summed E-state index contributed by atoms with van der Waals surface area (Å²) in [5.74, 6) is 0.734. The molecule has 0 aliphatic carbocycles.